The Kier molecular flexibility index (Phi) is 51.5. The molecule has 0 aromatic carbocycles. The standard InChI is InChI=1S/C60H116O6/c1-6-7-8-9-10-11-12-13-14-15-16-19-22-25-30-35-40-45-50-58(61)64-53-57(54-65-59(62)51-46-41-36-32-27-29-34-39-44-49-56(4)5)66-60(63)52-47-42-37-31-26-23-20-17-18-21-24-28-33-38-43-48-55(2)3/h55-57H,6-54H2,1-5H3/t57-/m1/s1. The van der Waals surface area contributed by atoms with Crippen LogP contribution in [0.25, 0.3) is 0 Å². The lowest BCUT2D eigenvalue weighted by atomic mass is 10.0. The van der Waals surface area contributed by atoms with Crippen LogP contribution < -0.4 is 0 Å². The second-order valence-corrected chi connectivity index (χ2v) is 21.6. The van der Waals surface area contributed by atoms with Crippen LogP contribution in [-0.4, -0.2) is 37.2 Å². The summed E-state index contributed by atoms with van der Waals surface area (Å²) in [7, 11) is 0. The van der Waals surface area contributed by atoms with Gasteiger partial charge < -0.3 is 14.2 Å². The zero-order valence-corrected chi connectivity index (χ0v) is 45.3. The molecule has 392 valence electrons. The van der Waals surface area contributed by atoms with Gasteiger partial charge >= 0.3 is 17.9 Å². The summed E-state index contributed by atoms with van der Waals surface area (Å²) in [6.07, 6.45) is 56.7. The van der Waals surface area contributed by atoms with Crippen LogP contribution in [0, 0.1) is 11.8 Å². The fourth-order valence-corrected chi connectivity index (χ4v) is 9.23. The van der Waals surface area contributed by atoms with Gasteiger partial charge in [-0.05, 0) is 31.1 Å². The first-order chi connectivity index (χ1) is 32.2. The van der Waals surface area contributed by atoms with Gasteiger partial charge in [0.15, 0.2) is 6.10 Å². The van der Waals surface area contributed by atoms with Crippen LogP contribution in [0.3, 0.4) is 0 Å². The zero-order valence-electron chi connectivity index (χ0n) is 45.3. The van der Waals surface area contributed by atoms with E-state index in [0.29, 0.717) is 19.3 Å². The third-order valence-electron chi connectivity index (χ3n) is 13.7. The number of unbranched alkanes of at least 4 members (excludes halogenated alkanes) is 39. The largest absolute Gasteiger partial charge is 0.462 e. The number of ether oxygens (including phenoxy) is 3. The molecule has 0 unspecified atom stereocenters. The van der Waals surface area contributed by atoms with E-state index < -0.39 is 6.10 Å². The minimum absolute atomic E-state index is 0.0627. The average molecular weight is 934 g/mol. The van der Waals surface area contributed by atoms with Gasteiger partial charge in [0.25, 0.3) is 0 Å². The number of hydrogen-bond donors (Lipinski definition) is 0. The minimum Gasteiger partial charge on any atom is -0.462 e. The molecule has 6 nitrogen and oxygen atoms in total. The van der Waals surface area contributed by atoms with Crippen LogP contribution in [0.15, 0.2) is 0 Å². The Balaban J connectivity index is 4.27. The number of esters is 3. The highest BCUT2D eigenvalue weighted by molar-refractivity contribution is 5.71. The molecule has 1 atom stereocenters. The summed E-state index contributed by atoms with van der Waals surface area (Å²) < 4.78 is 16.9. The molecule has 6 heteroatoms. The van der Waals surface area contributed by atoms with Gasteiger partial charge in [-0.25, -0.2) is 0 Å². The van der Waals surface area contributed by atoms with Crippen molar-refractivity contribution in [1.82, 2.24) is 0 Å². The molecule has 0 rings (SSSR count). The molecule has 0 fully saturated rings. The molecule has 0 bridgehead atoms. The fraction of sp³-hybridized carbons (Fsp3) is 0.950. The first-order valence-electron chi connectivity index (χ1n) is 29.7. The van der Waals surface area contributed by atoms with E-state index in [2.05, 4.69) is 34.6 Å². The Hall–Kier alpha value is -1.59. The lowest BCUT2D eigenvalue weighted by Crippen LogP contribution is -2.30. The van der Waals surface area contributed by atoms with Crippen molar-refractivity contribution >= 4 is 17.9 Å². The van der Waals surface area contributed by atoms with Crippen molar-refractivity contribution in [2.45, 2.75) is 343 Å². The SMILES string of the molecule is CCCCCCCCCCCCCCCCCCCCC(=O)OC[C@H](COC(=O)CCCCCCCCCCCC(C)C)OC(=O)CCCCCCCCCCCCCCCCCC(C)C. The first kappa shape index (κ1) is 64.4. The molecule has 0 radical (unpaired) electrons. The molecular weight excluding hydrogens is 817 g/mol. The summed E-state index contributed by atoms with van der Waals surface area (Å²) in [5, 5.41) is 0. The van der Waals surface area contributed by atoms with Gasteiger partial charge in [0.2, 0.25) is 0 Å². The molecule has 0 aromatic rings. The lowest BCUT2D eigenvalue weighted by Gasteiger charge is -2.18. The highest BCUT2D eigenvalue weighted by atomic mass is 16.6. The molecule has 0 spiro atoms. The first-order valence-corrected chi connectivity index (χ1v) is 29.7. The van der Waals surface area contributed by atoms with Gasteiger partial charge in [-0.2, -0.15) is 0 Å². The Morgan fingerprint density at radius 3 is 0.742 bits per heavy atom. The van der Waals surface area contributed by atoms with E-state index in [1.165, 1.54) is 225 Å². The van der Waals surface area contributed by atoms with Gasteiger partial charge in [0.05, 0.1) is 0 Å². The Morgan fingerprint density at radius 2 is 0.500 bits per heavy atom. The zero-order chi connectivity index (χ0) is 48.2. The van der Waals surface area contributed by atoms with Crippen molar-refractivity contribution in [1.29, 1.82) is 0 Å². The van der Waals surface area contributed by atoms with E-state index in [9.17, 15) is 14.4 Å². The molecule has 0 saturated carbocycles. The van der Waals surface area contributed by atoms with Crippen molar-refractivity contribution in [3.05, 3.63) is 0 Å². The fourth-order valence-electron chi connectivity index (χ4n) is 9.23. The van der Waals surface area contributed by atoms with E-state index >= 15 is 0 Å². The second-order valence-electron chi connectivity index (χ2n) is 21.6. The molecule has 0 N–H and O–H groups in total. The molecule has 66 heavy (non-hydrogen) atoms. The predicted octanol–water partition coefficient (Wildman–Crippen LogP) is 19.7. The third kappa shape index (κ3) is 53.4. The molecule has 0 aliphatic heterocycles. The number of carbonyl (C=O) groups excluding carboxylic acids is 3. The monoisotopic (exact) mass is 933 g/mol. The van der Waals surface area contributed by atoms with E-state index in [1.807, 2.05) is 0 Å². The molecule has 0 heterocycles. The smallest absolute Gasteiger partial charge is 0.306 e. The quantitative estimate of drug-likeness (QED) is 0.0343. The summed E-state index contributed by atoms with van der Waals surface area (Å²) in [6, 6.07) is 0. The van der Waals surface area contributed by atoms with Gasteiger partial charge in [-0.1, -0.05) is 298 Å². The van der Waals surface area contributed by atoms with Crippen molar-refractivity contribution in [3.8, 4) is 0 Å². The molecule has 0 saturated heterocycles. The van der Waals surface area contributed by atoms with Gasteiger partial charge in [0.1, 0.15) is 13.2 Å². The van der Waals surface area contributed by atoms with Crippen molar-refractivity contribution in [3.63, 3.8) is 0 Å². The maximum Gasteiger partial charge on any atom is 0.306 e. The van der Waals surface area contributed by atoms with Crippen LogP contribution >= 0.6 is 0 Å². The number of carbonyl (C=O) groups is 3. The normalized spacial score (nSPS) is 12.0. The average Bonchev–Trinajstić information content (AvgIpc) is 3.29. The van der Waals surface area contributed by atoms with Crippen LogP contribution in [0.1, 0.15) is 336 Å². The van der Waals surface area contributed by atoms with Crippen molar-refractivity contribution < 1.29 is 28.6 Å². The summed E-state index contributed by atoms with van der Waals surface area (Å²) in [4.78, 5) is 38.2. The summed E-state index contributed by atoms with van der Waals surface area (Å²) in [5.74, 6) is 0.818. The Bertz CT molecular complexity index is 1010. The molecule has 0 aliphatic carbocycles. The van der Waals surface area contributed by atoms with Crippen LogP contribution in [0.5, 0.6) is 0 Å². The van der Waals surface area contributed by atoms with Crippen LogP contribution in [0.4, 0.5) is 0 Å². The minimum atomic E-state index is -0.763. The molecular formula is C60H116O6. The van der Waals surface area contributed by atoms with Crippen molar-refractivity contribution in [2.24, 2.45) is 11.8 Å². The Labute approximate surface area is 412 Å². The van der Waals surface area contributed by atoms with E-state index in [-0.39, 0.29) is 31.1 Å². The van der Waals surface area contributed by atoms with Crippen molar-refractivity contribution in [2.75, 3.05) is 13.2 Å². The van der Waals surface area contributed by atoms with Crippen LogP contribution in [-0.2, 0) is 28.6 Å². The van der Waals surface area contributed by atoms with Gasteiger partial charge in [-0.15, -0.1) is 0 Å². The summed E-state index contributed by atoms with van der Waals surface area (Å²) in [5.41, 5.74) is 0. The topological polar surface area (TPSA) is 78.9 Å². The summed E-state index contributed by atoms with van der Waals surface area (Å²) in [6.45, 7) is 11.4. The van der Waals surface area contributed by atoms with Crippen LogP contribution in [0.2, 0.25) is 0 Å². The highest BCUT2D eigenvalue weighted by Crippen LogP contribution is 2.18. The summed E-state index contributed by atoms with van der Waals surface area (Å²) >= 11 is 0. The van der Waals surface area contributed by atoms with E-state index in [0.717, 1.165) is 69.6 Å². The Morgan fingerprint density at radius 1 is 0.288 bits per heavy atom. The maximum atomic E-state index is 12.9. The number of hydrogen-bond acceptors (Lipinski definition) is 6. The number of rotatable bonds is 54. The molecule has 0 amide bonds. The maximum absolute atomic E-state index is 12.9. The molecule has 0 aliphatic rings. The van der Waals surface area contributed by atoms with E-state index in [1.54, 1.807) is 0 Å². The van der Waals surface area contributed by atoms with Gasteiger partial charge in [0, 0.05) is 19.3 Å². The third-order valence-corrected chi connectivity index (χ3v) is 13.7. The lowest BCUT2D eigenvalue weighted by molar-refractivity contribution is -0.167. The van der Waals surface area contributed by atoms with Gasteiger partial charge in [-0.3, -0.25) is 14.4 Å². The molecule has 0 aromatic heterocycles. The van der Waals surface area contributed by atoms with E-state index in [4.69, 9.17) is 14.2 Å². The predicted molar refractivity (Wildman–Crippen MR) is 284 cm³/mol. The second kappa shape index (κ2) is 52.8. The highest BCUT2D eigenvalue weighted by Gasteiger charge is 2.19.